The third-order valence-corrected chi connectivity index (χ3v) is 6.50. The van der Waals surface area contributed by atoms with Crippen LogP contribution < -0.4 is 10.0 Å². The van der Waals surface area contributed by atoms with E-state index in [0.29, 0.717) is 12.8 Å². The molecule has 2 aromatic rings. The van der Waals surface area contributed by atoms with E-state index in [0.717, 1.165) is 22.5 Å². The summed E-state index contributed by atoms with van der Waals surface area (Å²) in [6.07, 6.45) is 1.38. The van der Waals surface area contributed by atoms with Gasteiger partial charge in [-0.25, -0.2) is 17.5 Å². The number of fused-ring (bicyclic) bond motifs is 1. The molecule has 0 radical (unpaired) electrons. The molecule has 5 nitrogen and oxygen atoms in total. The Morgan fingerprint density at radius 2 is 2.17 bits per heavy atom. The minimum atomic E-state index is -3.65. The van der Waals surface area contributed by atoms with E-state index in [1.54, 1.807) is 17.5 Å². The van der Waals surface area contributed by atoms with Gasteiger partial charge < -0.3 is 5.32 Å². The molecule has 0 spiro atoms. The Labute approximate surface area is 137 Å². The van der Waals surface area contributed by atoms with Crippen molar-refractivity contribution >= 4 is 27.3 Å². The molecule has 3 rings (SSSR count). The summed E-state index contributed by atoms with van der Waals surface area (Å²) in [6, 6.07) is 7.41. The molecule has 0 unspecified atom stereocenters. The molecule has 1 aromatic heterocycles. The molecule has 1 atom stereocenters. The van der Waals surface area contributed by atoms with Crippen molar-refractivity contribution in [2.75, 3.05) is 6.54 Å². The van der Waals surface area contributed by atoms with Crippen LogP contribution in [0, 0.1) is 5.82 Å². The lowest BCUT2D eigenvalue weighted by atomic mass is 10.1. The average molecular weight is 354 g/mol. The van der Waals surface area contributed by atoms with Gasteiger partial charge in [0, 0.05) is 0 Å². The number of halogens is 1. The van der Waals surface area contributed by atoms with Crippen molar-refractivity contribution in [1.29, 1.82) is 0 Å². The van der Waals surface area contributed by atoms with Crippen LogP contribution in [0.4, 0.5) is 4.39 Å². The number of hydrogen-bond donors (Lipinski definition) is 2. The Bertz CT molecular complexity index is 819. The van der Waals surface area contributed by atoms with Gasteiger partial charge in [0.25, 0.3) is 10.0 Å². The van der Waals surface area contributed by atoms with Crippen LogP contribution in [-0.2, 0) is 21.2 Å². The summed E-state index contributed by atoms with van der Waals surface area (Å²) in [5.41, 5.74) is 1.77. The number of sulfonamides is 1. The first-order chi connectivity index (χ1) is 11.0. The second-order valence-corrected chi connectivity index (χ2v) is 8.20. The molecule has 0 aliphatic heterocycles. The van der Waals surface area contributed by atoms with Gasteiger partial charge in [-0.2, -0.15) is 0 Å². The average Bonchev–Trinajstić information content (AvgIpc) is 3.16. The maximum Gasteiger partial charge on any atom is 0.250 e. The van der Waals surface area contributed by atoms with Crippen LogP contribution in [-0.4, -0.2) is 20.9 Å². The molecule has 2 N–H and O–H groups in total. The zero-order valence-electron chi connectivity index (χ0n) is 12.1. The van der Waals surface area contributed by atoms with Crippen LogP contribution >= 0.6 is 11.3 Å². The lowest BCUT2D eigenvalue weighted by molar-refractivity contribution is -0.120. The number of benzene rings is 1. The summed E-state index contributed by atoms with van der Waals surface area (Å²) in [5.74, 6) is -0.702. The number of hydrogen-bond acceptors (Lipinski definition) is 4. The topological polar surface area (TPSA) is 75.3 Å². The number of rotatable bonds is 5. The lowest BCUT2D eigenvalue weighted by Gasteiger charge is -2.14. The van der Waals surface area contributed by atoms with Crippen molar-refractivity contribution in [3.05, 3.63) is 52.7 Å². The van der Waals surface area contributed by atoms with Crippen molar-refractivity contribution in [3.8, 4) is 0 Å². The Morgan fingerprint density at radius 1 is 1.35 bits per heavy atom. The quantitative estimate of drug-likeness (QED) is 0.862. The fraction of sp³-hybridized carbons (Fsp3) is 0.267. The van der Waals surface area contributed by atoms with Crippen LogP contribution in [0.15, 0.2) is 39.9 Å². The molecule has 0 fully saturated rings. The number of thiophene rings is 1. The highest BCUT2D eigenvalue weighted by Crippen LogP contribution is 2.31. The molecule has 1 heterocycles. The summed E-state index contributed by atoms with van der Waals surface area (Å²) >= 11 is 1.09. The highest BCUT2D eigenvalue weighted by molar-refractivity contribution is 7.91. The second-order valence-electron chi connectivity index (χ2n) is 5.26. The molecule has 0 bridgehead atoms. The molecule has 122 valence electrons. The molecule has 0 saturated heterocycles. The Kier molecular flexibility index (Phi) is 4.47. The molecule has 1 aliphatic carbocycles. The van der Waals surface area contributed by atoms with Crippen LogP contribution in [0.3, 0.4) is 0 Å². The van der Waals surface area contributed by atoms with Gasteiger partial charge in [0.05, 0.1) is 12.6 Å². The van der Waals surface area contributed by atoms with Crippen molar-refractivity contribution < 1.29 is 17.6 Å². The molecule has 1 aliphatic rings. The minimum absolute atomic E-state index is 0.173. The fourth-order valence-corrected chi connectivity index (χ4v) is 4.65. The SMILES string of the molecule is O=C(CNS(=O)(=O)c1cccs1)N[C@@H]1CCc2cc(F)ccc21. The molecule has 0 saturated carbocycles. The molecule has 1 amide bonds. The minimum Gasteiger partial charge on any atom is -0.348 e. The summed E-state index contributed by atoms with van der Waals surface area (Å²) in [5, 5.41) is 4.44. The maximum absolute atomic E-state index is 13.2. The lowest BCUT2D eigenvalue weighted by Crippen LogP contribution is -2.38. The zero-order valence-corrected chi connectivity index (χ0v) is 13.7. The van der Waals surface area contributed by atoms with Gasteiger partial charge in [0.2, 0.25) is 5.91 Å². The molecule has 1 aromatic carbocycles. The zero-order chi connectivity index (χ0) is 16.4. The van der Waals surface area contributed by atoms with Gasteiger partial charge in [0.1, 0.15) is 10.0 Å². The Hall–Kier alpha value is -1.77. The van der Waals surface area contributed by atoms with Gasteiger partial charge in [-0.05, 0) is 47.5 Å². The van der Waals surface area contributed by atoms with Crippen LogP contribution in [0.5, 0.6) is 0 Å². The maximum atomic E-state index is 13.2. The van der Waals surface area contributed by atoms with E-state index in [2.05, 4.69) is 10.0 Å². The molecule has 8 heteroatoms. The Morgan fingerprint density at radius 3 is 2.91 bits per heavy atom. The highest BCUT2D eigenvalue weighted by atomic mass is 32.2. The first-order valence-electron chi connectivity index (χ1n) is 7.06. The number of carbonyl (C=O) groups is 1. The summed E-state index contributed by atoms with van der Waals surface area (Å²) in [6.45, 7) is -0.326. The standard InChI is InChI=1S/C15H15FN2O3S2/c16-11-4-5-12-10(8-11)3-6-13(12)18-14(19)9-17-23(20,21)15-2-1-7-22-15/h1-2,4-5,7-8,13,17H,3,6,9H2,(H,18,19)/t13-/m1/s1. The number of carbonyl (C=O) groups excluding carboxylic acids is 1. The number of amides is 1. The fourth-order valence-electron chi connectivity index (χ4n) is 2.63. The normalized spacial score (nSPS) is 17.0. The van der Waals surface area contributed by atoms with Gasteiger partial charge in [0.15, 0.2) is 0 Å². The summed E-state index contributed by atoms with van der Waals surface area (Å²) in [7, 11) is -3.65. The highest BCUT2D eigenvalue weighted by Gasteiger charge is 2.25. The van der Waals surface area contributed by atoms with E-state index >= 15 is 0 Å². The predicted molar refractivity (Wildman–Crippen MR) is 85.1 cm³/mol. The first-order valence-corrected chi connectivity index (χ1v) is 9.43. The van der Waals surface area contributed by atoms with E-state index in [9.17, 15) is 17.6 Å². The third kappa shape index (κ3) is 3.60. The first kappa shape index (κ1) is 16.1. The van der Waals surface area contributed by atoms with E-state index in [-0.39, 0.29) is 22.6 Å². The van der Waals surface area contributed by atoms with Gasteiger partial charge >= 0.3 is 0 Å². The van der Waals surface area contributed by atoms with Crippen LogP contribution in [0.25, 0.3) is 0 Å². The second kappa shape index (κ2) is 6.38. The van der Waals surface area contributed by atoms with Crippen molar-refractivity contribution in [2.24, 2.45) is 0 Å². The number of nitrogens with one attached hydrogen (secondary N) is 2. The van der Waals surface area contributed by atoms with Gasteiger partial charge in [-0.1, -0.05) is 12.1 Å². The van der Waals surface area contributed by atoms with Crippen molar-refractivity contribution in [2.45, 2.75) is 23.1 Å². The third-order valence-electron chi connectivity index (χ3n) is 3.70. The number of aryl methyl sites for hydroxylation is 1. The Balaban J connectivity index is 1.59. The van der Waals surface area contributed by atoms with E-state index < -0.39 is 15.9 Å². The van der Waals surface area contributed by atoms with Crippen LogP contribution in [0.2, 0.25) is 0 Å². The predicted octanol–water partition coefficient (Wildman–Crippen LogP) is 1.97. The molecule has 23 heavy (non-hydrogen) atoms. The monoisotopic (exact) mass is 354 g/mol. The summed E-state index contributed by atoms with van der Waals surface area (Å²) < 4.78 is 39.5. The van der Waals surface area contributed by atoms with Crippen molar-refractivity contribution in [3.63, 3.8) is 0 Å². The van der Waals surface area contributed by atoms with Gasteiger partial charge in [-0.3, -0.25) is 4.79 Å². The van der Waals surface area contributed by atoms with Crippen molar-refractivity contribution in [1.82, 2.24) is 10.0 Å². The largest absolute Gasteiger partial charge is 0.348 e. The summed E-state index contributed by atoms with van der Waals surface area (Å²) in [4.78, 5) is 12.0. The van der Waals surface area contributed by atoms with E-state index in [1.165, 1.54) is 18.2 Å². The molecular formula is C15H15FN2O3S2. The van der Waals surface area contributed by atoms with E-state index in [4.69, 9.17) is 0 Å². The van der Waals surface area contributed by atoms with Gasteiger partial charge in [-0.15, -0.1) is 11.3 Å². The molecular weight excluding hydrogens is 339 g/mol. The van der Waals surface area contributed by atoms with E-state index in [1.807, 2.05) is 0 Å². The van der Waals surface area contributed by atoms with Crippen LogP contribution in [0.1, 0.15) is 23.6 Å². The smallest absolute Gasteiger partial charge is 0.250 e.